The first-order valence-electron chi connectivity index (χ1n) is 11.9. The Bertz CT molecular complexity index is 900. The van der Waals surface area contributed by atoms with E-state index in [1.807, 2.05) is 26.0 Å². The van der Waals surface area contributed by atoms with Gasteiger partial charge in [0.2, 0.25) is 15.9 Å². The summed E-state index contributed by atoms with van der Waals surface area (Å²) in [7, 11) is -3.48. The van der Waals surface area contributed by atoms with E-state index in [2.05, 4.69) is 10.2 Å². The quantitative estimate of drug-likeness (QED) is 0.757. The maximum Gasteiger partial charge on any atom is 0.243 e. The lowest BCUT2D eigenvalue weighted by Crippen LogP contribution is -2.63. The van der Waals surface area contributed by atoms with Crippen LogP contribution in [0.3, 0.4) is 0 Å². The van der Waals surface area contributed by atoms with E-state index in [0.29, 0.717) is 31.1 Å². The van der Waals surface area contributed by atoms with Crippen molar-refractivity contribution in [2.24, 2.45) is 17.8 Å². The Labute approximate surface area is 186 Å². The van der Waals surface area contributed by atoms with Crippen molar-refractivity contribution < 1.29 is 13.2 Å². The molecule has 0 spiro atoms. The molecular weight excluding hydrogens is 410 g/mol. The normalized spacial score (nSPS) is 34.6. The van der Waals surface area contributed by atoms with Gasteiger partial charge >= 0.3 is 0 Å². The SMILES string of the molecule is Cc1ccc(S(=O)(=O)N2CCN([C@H](C)C(=O)NC34CC5CC(CC(C5)C3)C4)CC2)cc1. The summed E-state index contributed by atoms with van der Waals surface area (Å²) in [6.07, 6.45) is 7.55. The highest BCUT2D eigenvalue weighted by Gasteiger charge is 2.52. The smallest absolute Gasteiger partial charge is 0.243 e. The average molecular weight is 446 g/mol. The number of rotatable bonds is 5. The van der Waals surface area contributed by atoms with Crippen molar-refractivity contribution in [1.82, 2.24) is 14.5 Å². The van der Waals surface area contributed by atoms with Crippen LogP contribution in [0.2, 0.25) is 0 Å². The van der Waals surface area contributed by atoms with Crippen LogP contribution in [0.15, 0.2) is 29.2 Å². The number of carbonyl (C=O) groups is 1. The zero-order chi connectivity index (χ0) is 21.8. The second kappa shape index (κ2) is 7.85. The molecule has 1 aromatic carbocycles. The van der Waals surface area contributed by atoms with E-state index in [1.54, 1.807) is 16.4 Å². The molecule has 1 atom stereocenters. The molecule has 170 valence electrons. The third-order valence-corrected chi connectivity index (χ3v) is 10.2. The van der Waals surface area contributed by atoms with Crippen LogP contribution in [0.1, 0.15) is 51.0 Å². The van der Waals surface area contributed by atoms with Gasteiger partial charge in [0.25, 0.3) is 0 Å². The van der Waals surface area contributed by atoms with Crippen LogP contribution in [0, 0.1) is 24.7 Å². The van der Waals surface area contributed by atoms with Crippen LogP contribution >= 0.6 is 0 Å². The number of nitrogens with zero attached hydrogens (tertiary/aromatic N) is 2. The van der Waals surface area contributed by atoms with E-state index in [9.17, 15) is 13.2 Å². The number of aryl methyl sites for hydroxylation is 1. The van der Waals surface area contributed by atoms with Gasteiger partial charge in [0.1, 0.15) is 0 Å². The van der Waals surface area contributed by atoms with Gasteiger partial charge in [0.15, 0.2) is 0 Å². The summed E-state index contributed by atoms with van der Waals surface area (Å²) in [5.41, 5.74) is 1.07. The molecule has 4 aliphatic carbocycles. The summed E-state index contributed by atoms with van der Waals surface area (Å²) >= 11 is 0. The van der Waals surface area contributed by atoms with E-state index in [-0.39, 0.29) is 17.5 Å². The number of benzene rings is 1. The minimum Gasteiger partial charge on any atom is -0.349 e. The molecule has 1 amide bonds. The predicted octanol–water partition coefficient (Wildman–Crippen LogP) is 2.77. The molecule has 5 aliphatic rings. The number of piperazine rings is 1. The molecule has 1 aromatic rings. The lowest BCUT2D eigenvalue weighted by atomic mass is 9.53. The third kappa shape index (κ3) is 4.05. The summed E-state index contributed by atoms with van der Waals surface area (Å²) in [6.45, 7) is 5.93. The Hall–Kier alpha value is -1.44. The second-order valence-electron chi connectivity index (χ2n) is 10.6. The molecule has 1 heterocycles. The fraction of sp³-hybridized carbons (Fsp3) is 0.708. The maximum atomic E-state index is 13.2. The van der Waals surface area contributed by atoms with Crippen molar-refractivity contribution in [2.45, 2.75) is 68.8 Å². The number of hydrogen-bond acceptors (Lipinski definition) is 4. The highest BCUT2D eigenvalue weighted by molar-refractivity contribution is 7.89. The van der Waals surface area contributed by atoms with Crippen LogP contribution in [-0.4, -0.2) is 61.3 Å². The summed E-state index contributed by atoms with van der Waals surface area (Å²) < 4.78 is 27.5. The first kappa shape index (κ1) is 21.4. The van der Waals surface area contributed by atoms with Gasteiger partial charge in [-0.25, -0.2) is 8.42 Å². The van der Waals surface area contributed by atoms with Gasteiger partial charge in [0, 0.05) is 31.7 Å². The molecule has 1 saturated heterocycles. The van der Waals surface area contributed by atoms with Crippen molar-refractivity contribution in [1.29, 1.82) is 0 Å². The topological polar surface area (TPSA) is 69.7 Å². The lowest BCUT2D eigenvalue weighted by molar-refractivity contribution is -0.132. The van der Waals surface area contributed by atoms with Crippen LogP contribution in [0.4, 0.5) is 0 Å². The predicted molar refractivity (Wildman–Crippen MR) is 120 cm³/mol. The van der Waals surface area contributed by atoms with Gasteiger partial charge < -0.3 is 5.32 Å². The van der Waals surface area contributed by atoms with Crippen molar-refractivity contribution in [2.75, 3.05) is 26.2 Å². The van der Waals surface area contributed by atoms with Gasteiger partial charge in [0.05, 0.1) is 10.9 Å². The molecule has 4 bridgehead atoms. The van der Waals surface area contributed by atoms with Gasteiger partial charge in [-0.15, -0.1) is 0 Å². The van der Waals surface area contributed by atoms with Crippen LogP contribution in [0.25, 0.3) is 0 Å². The Morgan fingerprint density at radius 1 is 0.968 bits per heavy atom. The Kier molecular flexibility index (Phi) is 5.42. The second-order valence-corrected chi connectivity index (χ2v) is 12.6. The van der Waals surface area contributed by atoms with E-state index in [4.69, 9.17) is 0 Å². The van der Waals surface area contributed by atoms with E-state index < -0.39 is 10.0 Å². The molecule has 0 aromatic heterocycles. The van der Waals surface area contributed by atoms with Crippen molar-refractivity contribution >= 4 is 15.9 Å². The number of amides is 1. The first-order chi connectivity index (χ1) is 14.7. The van der Waals surface area contributed by atoms with Gasteiger partial charge in [-0.1, -0.05) is 17.7 Å². The molecule has 7 heteroatoms. The molecule has 1 aliphatic heterocycles. The van der Waals surface area contributed by atoms with Gasteiger partial charge in [-0.2, -0.15) is 4.31 Å². The Morgan fingerprint density at radius 3 is 2.00 bits per heavy atom. The number of hydrogen-bond donors (Lipinski definition) is 1. The molecular formula is C24H35N3O3S. The van der Waals surface area contributed by atoms with Crippen molar-refractivity contribution in [3.05, 3.63) is 29.8 Å². The third-order valence-electron chi connectivity index (χ3n) is 8.29. The zero-order valence-corrected chi connectivity index (χ0v) is 19.5. The molecule has 1 N–H and O–H groups in total. The highest BCUT2D eigenvalue weighted by Crippen LogP contribution is 2.55. The first-order valence-corrected chi connectivity index (χ1v) is 13.3. The molecule has 4 saturated carbocycles. The Morgan fingerprint density at radius 2 is 1.48 bits per heavy atom. The number of nitrogens with one attached hydrogen (secondary N) is 1. The van der Waals surface area contributed by atoms with Crippen LogP contribution < -0.4 is 5.32 Å². The lowest BCUT2D eigenvalue weighted by Gasteiger charge is -2.57. The molecule has 0 unspecified atom stereocenters. The standard InChI is InChI=1S/C24H35N3O3S/c1-17-3-5-22(6-4-17)31(29,30)27-9-7-26(8-10-27)18(2)23(28)25-24-14-19-11-20(15-24)13-21(12-19)16-24/h3-6,18-21H,7-16H2,1-2H3,(H,25,28)/t18-,19?,20?,21?,24?/m1/s1. The Balaban J connectivity index is 1.19. The summed E-state index contributed by atoms with van der Waals surface area (Å²) in [5, 5.41) is 3.48. The van der Waals surface area contributed by atoms with E-state index in [1.165, 1.54) is 19.3 Å². The zero-order valence-electron chi connectivity index (χ0n) is 18.7. The summed E-state index contributed by atoms with van der Waals surface area (Å²) in [6, 6.07) is 6.80. The van der Waals surface area contributed by atoms with Crippen molar-refractivity contribution in [3.63, 3.8) is 0 Å². The molecule has 0 radical (unpaired) electrons. The van der Waals surface area contributed by atoms with Gasteiger partial charge in [-0.3, -0.25) is 9.69 Å². The number of carbonyl (C=O) groups excluding carboxylic acids is 1. The number of sulfonamides is 1. The van der Waals surface area contributed by atoms with E-state index in [0.717, 1.165) is 42.6 Å². The van der Waals surface area contributed by atoms with Crippen molar-refractivity contribution in [3.8, 4) is 0 Å². The van der Waals surface area contributed by atoms with E-state index >= 15 is 0 Å². The largest absolute Gasteiger partial charge is 0.349 e. The molecule has 6 nitrogen and oxygen atoms in total. The fourth-order valence-electron chi connectivity index (χ4n) is 6.99. The fourth-order valence-corrected chi connectivity index (χ4v) is 8.41. The molecule has 6 rings (SSSR count). The minimum atomic E-state index is -3.48. The van der Waals surface area contributed by atoms with Gasteiger partial charge in [-0.05, 0) is 82.3 Å². The monoisotopic (exact) mass is 445 g/mol. The molecule has 31 heavy (non-hydrogen) atoms. The summed E-state index contributed by atoms with van der Waals surface area (Å²) in [4.78, 5) is 15.7. The maximum absolute atomic E-state index is 13.2. The highest BCUT2D eigenvalue weighted by atomic mass is 32.2. The van der Waals surface area contributed by atoms with Crippen LogP contribution in [-0.2, 0) is 14.8 Å². The molecule has 5 fully saturated rings. The van der Waals surface area contributed by atoms with Crippen LogP contribution in [0.5, 0.6) is 0 Å². The summed E-state index contributed by atoms with van der Waals surface area (Å²) in [5.74, 6) is 2.53. The minimum absolute atomic E-state index is 0.0245. The average Bonchev–Trinajstić information content (AvgIpc) is 2.72.